The maximum atomic E-state index is 13.0. The lowest BCUT2D eigenvalue weighted by Gasteiger charge is -2.29. The minimum absolute atomic E-state index is 0.0419. The number of benzene rings is 2. The van der Waals surface area contributed by atoms with Gasteiger partial charge in [0.1, 0.15) is 31.7 Å². The van der Waals surface area contributed by atoms with E-state index in [0.717, 1.165) is 67.6 Å². The van der Waals surface area contributed by atoms with Crippen molar-refractivity contribution in [2.45, 2.75) is 77.7 Å². The molecule has 2 fully saturated rings. The number of hydrogen-bond acceptors (Lipinski definition) is 11. The third kappa shape index (κ3) is 17.7. The smallest absolute Gasteiger partial charge is 0.407 e. The molecule has 5 atom stereocenters. The Morgan fingerprint density at radius 2 is 1.34 bits per heavy atom. The largest absolute Gasteiger partial charge is 0.494 e. The average molecular weight is 821 g/mol. The van der Waals surface area contributed by atoms with Crippen molar-refractivity contribution in [3.05, 3.63) is 66.2 Å². The van der Waals surface area contributed by atoms with Gasteiger partial charge in [-0.25, -0.2) is 19.2 Å². The van der Waals surface area contributed by atoms with Crippen molar-refractivity contribution in [2.75, 3.05) is 57.6 Å². The zero-order valence-electron chi connectivity index (χ0n) is 34.0. The van der Waals surface area contributed by atoms with E-state index in [1.165, 1.54) is 12.8 Å². The van der Waals surface area contributed by atoms with Gasteiger partial charge in [-0.2, -0.15) is 17.0 Å². The number of nitriles is 1. The lowest BCUT2D eigenvalue weighted by Crippen LogP contribution is -2.39. The van der Waals surface area contributed by atoms with E-state index in [1.54, 1.807) is 30.8 Å². The average Bonchev–Trinajstić information content (AvgIpc) is 3.23. The Hall–Kier alpha value is -4.90. The number of amides is 3. The highest BCUT2D eigenvalue weighted by Gasteiger charge is 2.25. The van der Waals surface area contributed by atoms with Gasteiger partial charge in [0, 0.05) is 31.0 Å². The fourth-order valence-corrected chi connectivity index (χ4v) is 8.14. The Morgan fingerprint density at radius 3 is 1.97 bits per heavy atom. The summed E-state index contributed by atoms with van der Waals surface area (Å²) >= 11 is 1.60. The maximum Gasteiger partial charge on any atom is 0.407 e. The molecule has 3 amide bonds. The SMILES string of the molecule is C=C(C)C(=O)OCCOC(=O)NCC1CCCC(CNC(=O)OC(COC(=O)NCC2CCCC(C)C2)CSCCCOc2ccc(-c3ccc(C#N)cc3)cc2)C1. The van der Waals surface area contributed by atoms with Gasteiger partial charge in [-0.05, 0) is 110 Å². The quantitative estimate of drug-likeness (QED) is 0.0482. The fourth-order valence-electron chi connectivity index (χ4n) is 7.22. The standard InChI is InChI=1S/C44H60N4O9S/c1-31(2)41(49)54-20-21-55-42(50)46-27-35-9-5-10-36(24-35)28-48-44(52)57-40(29-56-43(51)47-26-34-8-4-7-32(3)23-34)30-58-22-6-19-53-39-17-15-38(16-18-39)37-13-11-33(25-45)12-14-37/h11-18,32,34-36,40H,1,4-10,19-24,26-30H2,2-3H3,(H,46,50)(H,47,51)(H,48,52). The predicted molar refractivity (Wildman–Crippen MR) is 223 cm³/mol. The van der Waals surface area contributed by atoms with Gasteiger partial charge in [0.15, 0.2) is 0 Å². The number of hydrogen-bond donors (Lipinski definition) is 3. The van der Waals surface area contributed by atoms with Gasteiger partial charge in [-0.1, -0.05) is 57.0 Å². The van der Waals surface area contributed by atoms with Crippen LogP contribution in [0.25, 0.3) is 11.1 Å². The van der Waals surface area contributed by atoms with Crippen molar-refractivity contribution in [3.63, 3.8) is 0 Å². The first kappa shape index (κ1) is 45.8. The van der Waals surface area contributed by atoms with Crippen molar-refractivity contribution >= 4 is 36.0 Å². The topological polar surface area (TPSA) is 174 Å². The van der Waals surface area contributed by atoms with Crippen LogP contribution >= 0.6 is 11.8 Å². The third-order valence-electron chi connectivity index (χ3n) is 10.3. The van der Waals surface area contributed by atoms with Crippen LogP contribution in [-0.4, -0.2) is 87.9 Å². The van der Waals surface area contributed by atoms with Crippen molar-refractivity contribution in [1.82, 2.24) is 16.0 Å². The maximum absolute atomic E-state index is 13.0. The molecule has 0 heterocycles. The molecular formula is C44H60N4O9S. The van der Waals surface area contributed by atoms with E-state index in [9.17, 15) is 19.2 Å². The number of nitrogens with one attached hydrogen (secondary N) is 3. The first-order chi connectivity index (χ1) is 28.1. The second kappa shape index (κ2) is 25.5. The molecule has 2 aliphatic rings. The monoisotopic (exact) mass is 820 g/mol. The molecule has 14 heteroatoms. The number of carbonyl (C=O) groups is 4. The molecule has 0 aromatic heterocycles. The summed E-state index contributed by atoms with van der Waals surface area (Å²) < 4.78 is 27.3. The summed E-state index contributed by atoms with van der Waals surface area (Å²) in [6.45, 7) is 9.12. The highest BCUT2D eigenvalue weighted by Crippen LogP contribution is 2.29. The number of ether oxygens (including phenoxy) is 5. The van der Waals surface area contributed by atoms with E-state index in [4.69, 9.17) is 28.9 Å². The zero-order valence-corrected chi connectivity index (χ0v) is 34.8. The van der Waals surface area contributed by atoms with E-state index in [1.807, 2.05) is 36.4 Å². The number of rotatable bonds is 21. The van der Waals surface area contributed by atoms with Crippen molar-refractivity contribution in [2.24, 2.45) is 23.7 Å². The first-order valence-corrected chi connectivity index (χ1v) is 21.6. The Morgan fingerprint density at radius 1 is 0.776 bits per heavy atom. The van der Waals surface area contributed by atoms with Gasteiger partial charge in [0.05, 0.1) is 18.2 Å². The molecular weight excluding hydrogens is 761 g/mol. The molecule has 4 rings (SSSR count). The molecule has 3 N–H and O–H groups in total. The van der Waals surface area contributed by atoms with Crippen LogP contribution in [0, 0.1) is 35.0 Å². The second-order valence-electron chi connectivity index (χ2n) is 15.3. The molecule has 316 valence electrons. The lowest BCUT2D eigenvalue weighted by molar-refractivity contribution is -0.139. The molecule has 0 radical (unpaired) electrons. The summed E-state index contributed by atoms with van der Waals surface area (Å²) in [7, 11) is 0. The molecule has 5 unspecified atom stereocenters. The molecule has 2 aromatic rings. The number of thioether (sulfide) groups is 1. The van der Waals surface area contributed by atoms with Gasteiger partial charge in [-0.3, -0.25) is 0 Å². The highest BCUT2D eigenvalue weighted by molar-refractivity contribution is 7.99. The molecule has 0 bridgehead atoms. The number of alkyl carbamates (subject to hydrolysis) is 3. The number of carbonyl (C=O) groups excluding carboxylic acids is 4. The molecule has 0 spiro atoms. The molecule has 2 saturated carbocycles. The van der Waals surface area contributed by atoms with Crippen LogP contribution < -0.4 is 20.7 Å². The summed E-state index contributed by atoms with van der Waals surface area (Å²) in [5.74, 6) is 2.99. The minimum atomic E-state index is -0.639. The Kier molecular flexibility index (Phi) is 20.1. The van der Waals surface area contributed by atoms with E-state index in [2.05, 4.69) is 35.5 Å². The van der Waals surface area contributed by atoms with Gasteiger partial charge >= 0.3 is 24.2 Å². The summed E-state index contributed by atoms with van der Waals surface area (Å²) in [6, 6.07) is 17.4. The van der Waals surface area contributed by atoms with E-state index >= 15 is 0 Å². The van der Waals surface area contributed by atoms with Crippen molar-refractivity contribution in [3.8, 4) is 22.9 Å². The molecule has 0 aliphatic heterocycles. The van der Waals surface area contributed by atoms with E-state index in [-0.39, 0.29) is 37.2 Å². The molecule has 2 aromatic carbocycles. The van der Waals surface area contributed by atoms with Gasteiger partial charge < -0.3 is 39.6 Å². The highest BCUT2D eigenvalue weighted by atomic mass is 32.2. The molecule has 58 heavy (non-hydrogen) atoms. The van der Waals surface area contributed by atoms with Crippen LogP contribution in [0.2, 0.25) is 0 Å². The van der Waals surface area contributed by atoms with Crippen LogP contribution in [0.3, 0.4) is 0 Å². The first-order valence-electron chi connectivity index (χ1n) is 20.5. The van der Waals surface area contributed by atoms with Gasteiger partial charge in [0.2, 0.25) is 0 Å². The second-order valence-corrected chi connectivity index (χ2v) is 16.5. The third-order valence-corrected chi connectivity index (χ3v) is 11.5. The normalized spacial score (nSPS) is 19.3. The minimum Gasteiger partial charge on any atom is -0.494 e. The molecule has 2 aliphatic carbocycles. The fraction of sp³-hybridized carbons (Fsp3) is 0.568. The van der Waals surface area contributed by atoms with Crippen LogP contribution in [0.4, 0.5) is 14.4 Å². The van der Waals surface area contributed by atoms with E-state index in [0.29, 0.717) is 49.4 Å². The van der Waals surface area contributed by atoms with Gasteiger partial charge in [-0.15, -0.1) is 0 Å². The molecule has 13 nitrogen and oxygen atoms in total. The Labute approximate surface area is 347 Å². The van der Waals surface area contributed by atoms with Gasteiger partial charge in [0.25, 0.3) is 0 Å². The Balaban J connectivity index is 1.16. The summed E-state index contributed by atoms with van der Waals surface area (Å²) in [5.41, 5.74) is 2.97. The zero-order chi connectivity index (χ0) is 41.5. The molecule has 0 saturated heterocycles. The number of nitrogens with zero attached hydrogens (tertiary/aromatic N) is 1. The predicted octanol–water partition coefficient (Wildman–Crippen LogP) is 8.03. The van der Waals surface area contributed by atoms with E-state index < -0.39 is 30.4 Å². The van der Waals surface area contributed by atoms with Crippen LogP contribution in [0.5, 0.6) is 5.75 Å². The summed E-state index contributed by atoms with van der Waals surface area (Å²) in [4.78, 5) is 49.2. The van der Waals surface area contributed by atoms with Crippen LogP contribution in [0.15, 0.2) is 60.7 Å². The lowest BCUT2D eigenvalue weighted by atomic mass is 9.81. The summed E-state index contributed by atoms with van der Waals surface area (Å²) in [5, 5.41) is 17.6. The van der Waals surface area contributed by atoms with Crippen molar-refractivity contribution < 1.29 is 42.9 Å². The summed E-state index contributed by atoms with van der Waals surface area (Å²) in [6.07, 6.45) is 6.77. The Bertz CT molecular complexity index is 1650. The number of esters is 1. The van der Waals surface area contributed by atoms with Crippen LogP contribution in [-0.2, 0) is 23.7 Å². The van der Waals surface area contributed by atoms with Crippen LogP contribution in [0.1, 0.15) is 77.2 Å². The van der Waals surface area contributed by atoms with Crippen molar-refractivity contribution in [1.29, 1.82) is 5.26 Å².